The number of rotatable bonds is 2. The van der Waals surface area contributed by atoms with Gasteiger partial charge in [0.15, 0.2) is 5.82 Å². The fourth-order valence-corrected chi connectivity index (χ4v) is 1.36. The van der Waals surface area contributed by atoms with Crippen LogP contribution in [0.1, 0.15) is 31.2 Å². The summed E-state index contributed by atoms with van der Waals surface area (Å²) in [6.45, 7) is 6.14. The minimum atomic E-state index is 0.298. The maximum Gasteiger partial charge on any atom is 0.257 e. The second kappa shape index (κ2) is 3.85. The molecule has 0 amide bonds. The van der Waals surface area contributed by atoms with Gasteiger partial charge in [-0.1, -0.05) is 36.7 Å². The Bertz CT molecular complexity index is 460. The number of nitrogens with zero attached hydrogens (tertiary/aromatic N) is 2. The van der Waals surface area contributed by atoms with Crippen molar-refractivity contribution in [3.8, 4) is 11.5 Å². The van der Waals surface area contributed by atoms with Gasteiger partial charge < -0.3 is 4.52 Å². The van der Waals surface area contributed by atoms with Gasteiger partial charge >= 0.3 is 0 Å². The van der Waals surface area contributed by atoms with Crippen LogP contribution >= 0.6 is 0 Å². The lowest BCUT2D eigenvalue weighted by atomic mass is 10.1. The predicted molar refractivity (Wildman–Crippen MR) is 58.6 cm³/mol. The van der Waals surface area contributed by atoms with Gasteiger partial charge in [-0.2, -0.15) is 4.98 Å². The van der Waals surface area contributed by atoms with Crippen LogP contribution in [-0.4, -0.2) is 10.1 Å². The second-order valence-corrected chi connectivity index (χ2v) is 3.98. The molecule has 1 heterocycles. The van der Waals surface area contributed by atoms with E-state index >= 15 is 0 Å². The Morgan fingerprint density at radius 1 is 1.27 bits per heavy atom. The molecule has 1 aromatic heterocycles. The molecular formula is C12H14N2O. The first kappa shape index (κ1) is 9.90. The number of aryl methyl sites for hydroxylation is 1. The summed E-state index contributed by atoms with van der Waals surface area (Å²) in [6, 6.07) is 8.05. The van der Waals surface area contributed by atoms with Crippen LogP contribution in [0, 0.1) is 6.92 Å². The highest BCUT2D eigenvalue weighted by Crippen LogP contribution is 2.20. The third kappa shape index (κ3) is 2.06. The van der Waals surface area contributed by atoms with Gasteiger partial charge in [0.25, 0.3) is 5.89 Å². The second-order valence-electron chi connectivity index (χ2n) is 3.98. The molecule has 0 aliphatic heterocycles. The van der Waals surface area contributed by atoms with E-state index in [1.807, 2.05) is 45.0 Å². The monoisotopic (exact) mass is 202 g/mol. The molecule has 2 aromatic rings. The molecule has 0 aliphatic rings. The Labute approximate surface area is 89.1 Å². The maximum atomic E-state index is 5.21. The molecule has 78 valence electrons. The Kier molecular flexibility index (Phi) is 2.54. The van der Waals surface area contributed by atoms with Crippen LogP contribution in [0.3, 0.4) is 0 Å². The van der Waals surface area contributed by atoms with Crippen molar-refractivity contribution in [3.05, 3.63) is 35.7 Å². The molecule has 2 rings (SSSR count). The minimum absolute atomic E-state index is 0.298. The zero-order valence-corrected chi connectivity index (χ0v) is 9.19. The van der Waals surface area contributed by atoms with E-state index in [0.717, 1.165) is 11.4 Å². The highest BCUT2D eigenvalue weighted by molar-refractivity contribution is 5.53. The molecule has 3 nitrogen and oxygen atoms in total. The molecule has 15 heavy (non-hydrogen) atoms. The Morgan fingerprint density at radius 2 is 2.07 bits per heavy atom. The van der Waals surface area contributed by atoms with E-state index in [9.17, 15) is 0 Å². The van der Waals surface area contributed by atoms with Crippen molar-refractivity contribution >= 4 is 0 Å². The van der Waals surface area contributed by atoms with Gasteiger partial charge in [0.1, 0.15) is 0 Å². The molecule has 0 aliphatic carbocycles. The van der Waals surface area contributed by atoms with Crippen molar-refractivity contribution in [2.24, 2.45) is 0 Å². The quantitative estimate of drug-likeness (QED) is 0.750. The van der Waals surface area contributed by atoms with Gasteiger partial charge in [0.2, 0.25) is 0 Å². The smallest absolute Gasteiger partial charge is 0.257 e. The number of hydrogen-bond donors (Lipinski definition) is 0. The summed E-state index contributed by atoms with van der Waals surface area (Å²) >= 11 is 0. The van der Waals surface area contributed by atoms with Crippen molar-refractivity contribution in [1.82, 2.24) is 10.1 Å². The van der Waals surface area contributed by atoms with Crippen LogP contribution in [0.2, 0.25) is 0 Å². The molecule has 0 spiro atoms. The average molecular weight is 202 g/mol. The Morgan fingerprint density at radius 3 is 2.67 bits per heavy atom. The first-order valence-electron chi connectivity index (χ1n) is 5.07. The topological polar surface area (TPSA) is 38.9 Å². The van der Waals surface area contributed by atoms with Gasteiger partial charge in [-0.3, -0.25) is 0 Å². The fourth-order valence-electron chi connectivity index (χ4n) is 1.36. The molecule has 0 unspecified atom stereocenters. The summed E-state index contributed by atoms with van der Waals surface area (Å²) in [5.74, 6) is 1.65. The number of benzene rings is 1. The molecule has 0 fully saturated rings. The highest BCUT2D eigenvalue weighted by atomic mass is 16.5. The minimum Gasteiger partial charge on any atom is -0.334 e. The van der Waals surface area contributed by atoms with E-state index < -0.39 is 0 Å². The molecule has 0 radical (unpaired) electrons. The molecule has 0 saturated heterocycles. The van der Waals surface area contributed by atoms with Crippen LogP contribution < -0.4 is 0 Å². The van der Waals surface area contributed by atoms with Crippen LogP contribution in [0.4, 0.5) is 0 Å². The van der Waals surface area contributed by atoms with Gasteiger partial charge in [-0.05, 0) is 19.1 Å². The standard InChI is InChI=1S/C12H14N2O/c1-8(2)11-13-12(15-14-11)10-6-4-5-9(3)7-10/h4-8H,1-3H3. The van der Waals surface area contributed by atoms with E-state index in [2.05, 4.69) is 10.1 Å². The van der Waals surface area contributed by atoms with Gasteiger partial charge in [0.05, 0.1) is 0 Å². The van der Waals surface area contributed by atoms with Crippen molar-refractivity contribution in [3.63, 3.8) is 0 Å². The summed E-state index contributed by atoms with van der Waals surface area (Å²) in [7, 11) is 0. The van der Waals surface area contributed by atoms with E-state index in [1.165, 1.54) is 5.56 Å². The van der Waals surface area contributed by atoms with Gasteiger partial charge in [-0.15, -0.1) is 0 Å². The third-order valence-corrected chi connectivity index (χ3v) is 2.22. The van der Waals surface area contributed by atoms with E-state index in [1.54, 1.807) is 0 Å². The van der Waals surface area contributed by atoms with Crippen molar-refractivity contribution < 1.29 is 4.52 Å². The van der Waals surface area contributed by atoms with E-state index in [0.29, 0.717) is 11.8 Å². The van der Waals surface area contributed by atoms with Crippen LogP contribution in [0.25, 0.3) is 11.5 Å². The maximum absolute atomic E-state index is 5.21. The Hall–Kier alpha value is -1.64. The van der Waals surface area contributed by atoms with E-state index in [4.69, 9.17) is 4.52 Å². The van der Waals surface area contributed by atoms with Crippen LogP contribution in [0.5, 0.6) is 0 Å². The first-order valence-corrected chi connectivity index (χ1v) is 5.07. The molecule has 0 N–H and O–H groups in total. The fraction of sp³-hybridized carbons (Fsp3) is 0.333. The lowest BCUT2D eigenvalue weighted by molar-refractivity contribution is 0.419. The lowest BCUT2D eigenvalue weighted by Gasteiger charge is -1.95. The molecule has 3 heteroatoms. The third-order valence-electron chi connectivity index (χ3n) is 2.22. The predicted octanol–water partition coefficient (Wildman–Crippen LogP) is 3.17. The Balaban J connectivity index is 2.37. The van der Waals surface area contributed by atoms with Crippen molar-refractivity contribution in [2.75, 3.05) is 0 Å². The molecule has 0 saturated carbocycles. The molecular weight excluding hydrogens is 188 g/mol. The van der Waals surface area contributed by atoms with Crippen LogP contribution in [-0.2, 0) is 0 Å². The van der Waals surface area contributed by atoms with E-state index in [-0.39, 0.29) is 0 Å². The van der Waals surface area contributed by atoms with Crippen molar-refractivity contribution in [1.29, 1.82) is 0 Å². The van der Waals surface area contributed by atoms with Crippen LogP contribution in [0.15, 0.2) is 28.8 Å². The SMILES string of the molecule is Cc1cccc(-c2nc(C(C)C)no2)c1. The summed E-state index contributed by atoms with van der Waals surface area (Å²) < 4.78 is 5.21. The zero-order valence-electron chi connectivity index (χ0n) is 9.19. The first-order chi connectivity index (χ1) is 7.16. The molecule has 0 atom stereocenters. The summed E-state index contributed by atoms with van der Waals surface area (Å²) in [6.07, 6.45) is 0. The normalized spacial score (nSPS) is 10.9. The van der Waals surface area contributed by atoms with Gasteiger partial charge in [-0.25, -0.2) is 0 Å². The number of aromatic nitrogens is 2. The summed E-state index contributed by atoms with van der Waals surface area (Å²) in [5.41, 5.74) is 2.17. The zero-order chi connectivity index (χ0) is 10.8. The highest BCUT2D eigenvalue weighted by Gasteiger charge is 2.10. The van der Waals surface area contributed by atoms with Crippen molar-refractivity contribution in [2.45, 2.75) is 26.7 Å². The van der Waals surface area contributed by atoms with Gasteiger partial charge in [0, 0.05) is 11.5 Å². The summed E-state index contributed by atoms with van der Waals surface area (Å²) in [4.78, 5) is 4.34. The molecule has 0 bridgehead atoms. The average Bonchev–Trinajstić information content (AvgIpc) is 2.66. The number of hydrogen-bond acceptors (Lipinski definition) is 3. The lowest BCUT2D eigenvalue weighted by Crippen LogP contribution is -1.89. The summed E-state index contributed by atoms with van der Waals surface area (Å²) in [5, 5.41) is 3.94. The largest absolute Gasteiger partial charge is 0.334 e. The molecule has 1 aromatic carbocycles.